The average molecular weight is 345 g/mol. The van der Waals surface area contributed by atoms with Gasteiger partial charge in [0.2, 0.25) is 5.91 Å². The van der Waals surface area contributed by atoms with E-state index in [0.717, 1.165) is 61.7 Å². The lowest BCUT2D eigenvalue weighted by atomic mass is 9.92. The molecule has 136 valence electrons. The first kappa shape index (κ1) is 17.7. The number of likely N-dealkylation sites (tertiary alicyclic amines) is 1. The standard InChI is InChI=1S/C18H27N5O2/c1-4-23(5-2)17(24)12-22-8-6-7-14(11-22)18-15(10-19-20-18)16-9-13(3)21-25-16/h9-10,14H,4-8,11-12H2,1-3H3,(H,19,20). The highest BCUT2D eigenvalue weighted by molar-refractivity contribution is 5.78. The van der Waals surface area contributed by atoms with E-state index in [0.29, 0.717) is 12.5 Å². The van der Waals surface area contributed by atoms with Crippen LogP contribution in [0.5, 0.6) is 0 Å². The molecule has 25 heavy (non-hydrogen) atoms. The Kier molecular flexibility index (Phi) is 5.53. The molecule has 1 aliphatic rings. The molecule has 1 saturated heterocycles. The van der Waals surface area contributed by atoms with Gasteiger partial charge in [-0.1, -0.05) is 5.16 Å². The summed E-state index contributed by atoms with van der Waals surface area (Å²) in [5.41, 5.74) is 2.91. The van der Waals surface area contributed by atoms with Crippen molar-refractivity contribution in [3.63, 3.8) is 0 Å². The lowest BCUT2D eigenvalue weighted by Crippen LogP contribution is -2.43. The number of nitrogens with one attached hydrogen (secondary N) is 1. The van der Waals surface area contributed by atoms with Gasteiger partial charge in [0.05, 0.1) is 29.7 Å². The van der Waals surface area contributed by atoms with Gasteiger partial charge in [-0.3, -0.25) is 14.8 Å². The van der Waals surface area contributed by atoms with Crippen molar-refractivity contribution in [2.75, 3.05) is 32.7 Å². The predicted molar refractivity (Wildman–Crippen MR) is 95.2 cm³/mol. The fraction of sp³-hybridized carbons (Fsp3) is 0.611. The van der Waals surface area contributed by atoms with Crippen molar-refractivity contribution in [3.05, 3.63) is 23.7 Å². The molecule has 1 atom stereocenters. The van der Waals surface area contributed by atoms with Crippen molar-refractivity contribution in [2.45, 2.75) is 39.5 Å². The van der Waals surface area contributed by atoms with E-state index in [4.69, 9.17) is 4.52 Å². The maximum atomic E-state index is 12.4. The SMILES string of the molecule is CCN(CC)C(=O)CN1CCCC(c2[nH]ncc2-c2cc(C)no2)C1. The molecular formula is C18H27N5O2. The first-order valence-corrected chi connectivity index (χ1v) is 9.09. The van der Waals surface area contributed by atoms with E-state index in [1.165, 1.54) is 0 Å². The van der Waals surface area contributed by atoms with Crippen LogP contribution in [0.15, 0.2) is 16.8 Å². The van der Waals surface area contributed by atoms with E-state index in [1.54, 1.807) is 6.20 Å². The van der Waals surface area contributed by atoms with Crippen LogP contribution in [0, 0.1) is 6.92 Å². The molecule has 0 aliphatic carbocycles. The molecule has 0 spiro atoms. The van der Waals surface area contributed by atoms with E-state index in [2.05, 4.69) is 20.3 Å². The van der Waals surface area contributed by atoms with Gasteiger partial charge in [-0.25, -0.2) is 0 Å². The largest absolute Gasteiger partial charge is 0.356 e. The second kappa shape index (κ2) is 7.82. The number of piperidine rings is 1. The second-order valence-electron chi connectivity index (χ2n) is 6.67. The van der Waals surface area contributed by atoms with Gasteiger partial charge >= 0.3 is 0 Å². The Balaban J connectivity index is 1.70. The van der Waals surface area contributed by atoms with Crippen molar-refractivity contribution in [2.24, 2.45) is 0 Å². The topological polar surface area (TPSA) is 78.3 Å². The molecule has 1 aliphatic heterocycles. The highest BCUT2D eigenvalue weighted by atomic mass is 16.5. The number of carbonyl (C=O) groups excluding carboxylic acids is 1. The Labute approximate surface area is 148 Å². The summed E-state index contributed by atoms with van der Waals surface area (Å²) < 4.78 is 5.41. The summed E-state index contributed by atoms with van der Waals surface area (Å²) in [7, 11) is 0. The molecular weight excluding hydrogens is 318 g/mol. The average Bonchev–Trinajstić information content (AvgIpc) is 3.24. The minimum atomic E-state index is 0.210. The number of aromatic nitrogens is 3. The third-order valence-electron chi connectivity index (χ3n) is 4.95. The number of aromatic amines is 1. The summed E-state index contributed by atoms with van der Waals surface area (Å²) in [5, 5.41) is 11.3. The van der Waals surface area contributed by atoms with Crippen LogP contribution in [0.3, 0.4) is 0 Å². The molecule has 1 fully saturated rings. The molecule has 0 saturated carbocycles. The zero-order valence-corrected chi connectivity index (χ0v) is 15.3. The van der Waals surface area contributed by atoms with Crippen molar-refractivity contribution in [1.82, 2.24) is 25.2 Å². The normalized spacial score (nSPS) is 18.4. The van der Waals surface area contributed by atoms with Gasteiger partial charge in [-0.15, -0.1) is 0 Å². The number of nitrogens with zero attached hydrogens (tertiary/aromatic N) is 4. The third kappa shape index (κ3) is 3.92. The second-order valence-corrected chi connectivity index (χ2v) is 6.67. The molecule has 1 unspecified atom stereocenters. The highest BCUT2D eigenvalue weighted by Crippen LogP contribution is 2.33. The molecule has 7 nitrogen and oxygen atoms in total. The number of rotatable bonds is 6. The Hall–Kier alpha value is -2.15. The Morgan fingerprint density at radius 2 is 2.24 bits per heavy atom. The fourth-order valence-corrected chi connectivity index (χ4v) is 3.60. The number of likely N-dealkylation sites (N-methyl/N-ethyl adjacent to an activating group) is 1. The molecule has 0 aromatic carbocycles. The van der Waals surface area contributed by atoms with Crippen molar-refractivity contribution < 1.29 is 9.32 Å². The Bertz CT molecular complexity index is 704. The van der Waals surface area contributed by atoms with Gasteiger partial charge in [-0.2, -0.15) is 5.10 Å². The number of H-pyrrole nitrogens is 1. The maximum Gasteiger partial charge on any atom is 0.236 e. The van der Waals surface area contributed by atoms with Crippen LogP contribution in [0.2, 0.25) is 0 Å². The molecule has 7 heteroatoms. The van der Waals surface area contributed by atoms with Crippen LogP contribution in [0.1, 0.15) is 44.0 Å². The van der Waals surface area contributed by atoms with E-state index in [-0.39, 0.29) is 5.91 Å². The van der Waals surface area contributed by atoms with Crippen molar-refractivity contribution in [3.8, 4) is 11.3 Å². The molecule has 2 aromatic rings. The summed E-state index contributed by atoms with van der Waals surface area (Å²) in [6.45, 7) is 9.80. The van der Waals surface area contributed by atoms with Crippen LogP contribution < -0.4 is 0 Å². The Morgan fingerprint density at radius 1 is 1.44 bits per heavy atom. The summed E-state index contributed by atoms with van der Waals surface area (Å²) in [6.07, 6.45) is 3.96. The summed E-state index contributed by atoms with van der Waals surface area (Å²) >= 11 is 0. The molecule has 1 amide bonds. The highest BCUT2D eigenvalue weighted by Gasteiger charge is 2.27. The summed E-state index contributed by atoms with van der Waals surface area (Å²) in [4.78, 5) is 16.5. The molecule has 3 heterocycles. The number of hydrogen-bond donors (Lipinski definition) is 1. The molecule has 3 rings (SSSR count). The summed E-state index contributed by atoms with van der Waals surface area (Å²) in [6, 6.07) is 1.93. The first-order chi connectivity index (χ1) is 12.1. The van der Waals surface area contributed by atoms with Crippen molar-refractivity contribution >= 4 is 5.91 Å². The monoisotopic (exact) mass is 345 g/mol. The van der Waals surface area contributed by atoms with Gasteiger partial charge in [0.15, 0.2) is 5.76 Å². The van der Waals surface area contributed by atoms with Gasteiger partial charge in [0, 0.05) is 31.6 Å². The Morgan fingerprint density at radius 3 is 2.92 bits per heavy atom. The minimum Gasteiger partial charge on any atom is -0.356 e. The van der Waals surface area contributed by atoms with Crippen molar-refractivity contribution in [1.29, 1.82) is 0 Å². The van der Waals surface area contributed by atoms with E-state index < -0.39 is 0 Å². The maximum absolute atomic E-state index is 12.4. The molecule has 0 bridgehead atoms. The molecule has 2 aromatic heterocycles. The zero-order valence-electron chi connectivity index (χ0n) is 15.3. The van der Waals surface area contributed by atoms with Crippen LogP contribution >= 0.6 is 0 Å². The van der Waals surface area contributed by atoms with Crippen LogP contribution in [-0.2, 0) is 4.79 Å². The third-order valence-corrected chi connectivity index (χ3v) is 4.95. The lowest BCUT2D eigenvalue weighted by molar-refractivity contribution is -0.132. The smallest absolute Gasteiger partial charge is 0.236 e. The van der Waals surface area contributed by atoms with Gasteiger partial charge < -0.3 is 9.42 Å². The zero-order chi connectivity index (χ0) is 17.8. The summed E-state index contributed by atoms with van der Waals surface area (Å²) in [5.74, 6) is 1.28. The van der Waals surface area contributed by atoms with Crippen LogP contribution in [0.4, 0.5) is 0 Å². The number of carbonyl (C=O) groups is 1. The quantitative estimate of drug-likeness (QED) is 0.870. The lowest BCUT2D eigenvalue weighted by Gasteiger charge is -2.33. The predicted octanol–water partition coefficient (Wildman–Crippen LogP) is 2.42. The number of aryl methyl sites for hydroxylation is 1. The van der Waals surface area contributed by atoms with Crippen LogP contribution in [0.25, 0.3) is 11.3 Å². The fourth-order valence-electron chi connectivity index (χ4n) is 3.60. The minimum absolute atomic E-state index is 0.210. The van der Waals surface area contributed by atoms with E-state index >= 15 is 0 Å². The van der Waals surface area contributed by atoms with E-state index in [1.807, 2.05) is 31.7 Å². The molecule has 1 N–H and O–H groups in total. The van der Waals surface area contributed by atoms with Gasteiger partial charge in [0.25, 0.3) is 0 Å². The number of amides is 1. The van der Waals surface area contributed by atoms with Gasteiger partial charge in [-0.05, 0) is 40.2 Å². The van der Waals surface area contributed by atoms with Gasteiger partial charge in [0.1, 0.15) is 0 Å². The molecule has 0 radical (unpaired) electrons. The number of hydrogen-bond acceptors (Lipinski definition) is 5. The first-order valence-electron chi connectivity index (χ1n) is 9.09. The van der Waals surface area contributed by atoms with E-state index in [9.17, 15) is 4.79 Å². The van der Waals surface area contributed by atoms with Crippen LogP contribution in [-0.4, -0.2) is 63.8 Å².